The molecule has 1 N–H and O–H groups in total. The van der Waals surface area contributed by atoms with E-state index in [1.165, 1.54) is 0 Å². The quantitative estimate of drug-likeness (QED) is 0.929. The van der Waals surface area contributed by atoms with Gasteiger partial charge in [-0.15, -0.1) is 0 Å². The van der Waals surface area contributed by atoms with E-state index in [0.717, 1.165) is 25.3 Å². The van der Waals surface area contributed by atoms with E-state index in [0.29, 0.717) is 23.7 Å². The Bertz CT molecular complexity index is 458. The van der Waals surface area contributed by atoms with E-state index in [1.807, 2.05) is 24.8 Å². The van der Waals surface area contributed by atoms with Crippen LogP contribution in [0.4, 0.5) is 0 Å². The number of piperidine rings is 1. The molecule has 0 radical (unpaired) electrons. The van der Waals surface area contributed by atoms with Gasteiger partial charge in [-0.2, -0.15) is 0 Å². The molecule has 0 saturated carbocycles. The molecular weight excluding hydrogens is 276 g/mol. The van der Waals surface area contributed by atoms with Crippen LogP contribution < -0.4 is 5.32 Å². The molecule has 0 aliphatic carbocycles. The minimum Gasteiger partial charge on any atom is -0.448 e. The number of hydrogen-bond donors (Lipinski definition) is 1. The summed E-state index contributed by atoms with van der Waals surface area (Å²) in [6, 6.07) is 4.05. The highest BCUT2D eigenvalue weighted by molar-refractivity contribution is 6.28. The van der Waals surface area contributed by atoms with E-state index in [1.54, 1.807) is 6.07 Å². The number of likely N-dealkylation sites (tertiary alicyclic amines) is 1. The van der Waals surface area contributed by atoms with Crippen LogP contribution in [0.2, 0.25) is 5.22 Å². The maximum Gasteiger partial charge on any atom is 0.225 e. The largest absolute Gasteiger partial charge is 0.448 e. The van der Waals surface area contributed by atoms with Crippen molar-refractivity contribution in [1.29, 1.82) is 0 Å². The lowest BCUT2D eigenvalue weighted by Crippen LogP contribution is -2.50. The molecule has 5 heteroatoms. The Kier molecular flexibility index (Phi) is 5.11. The van der Waals surface area contributed by atoms with E-state index in [-0.39, 0.29) is 11.8 Å². The van der Waals surface area contributed by atoms with Crippen molar-refractivity contribution in [3.05, 3.63) is 23.1 Å². The summed E-state index contributed by atoms with van der Waals surface area (Å²) in [5.74, 6) is 1.63. The standard InChI is InChI=1S/C15H23ClN2O2/c1-10(2)15(19)18-7-6-13(11(3)9-18)17-8-12-4-5-14(16)20-12/h4-5,10-11,13,17H,6-9H2,1-3H3/t11-,13-/m0/s1. The third-order valence-corrected chi connectivity index (χ3v) is 4.08. The van der Waals surface area contributed by atoms with Crippen molar-refractivity contribution in [3.8, 4) is 0 Å². The number of furan rings is 1. The fourth-order valence-corrected chi connectivity index (χ4v) is 2.85. The topological polar surface area (TPSA) is 45.5 Å². The van der Waals surface area contributed by atoms with Gasteiger partial charge in [-0.3, -0.25) is 4.79 Å². The molecule has 1 aliphatic rings. The van der Waals surface area contributed by atoms with Crippen molar-refractivity contribution in [2.45, 2.75) is 39.8 Å². The lowest BCUT2D eigenvalue weighted by atomic mass is 9.93. The van der Waals surface area contributed by atoms with Crippen molar-refractivity contribution in [3.63, 3.8) is 0 Å². The second-order valence-electron chi connectivity index (χ2n) is 5.90. The lowest BCUT2D eigenvalue weighted by molar-refractivity contribution is -0.136. The van der Waals surface area contributed by atoms with Gasteiger partial charge >= 0.3 is 0 Å². The van der Waals surface area contributed by atoms with Crippen LogP contribution in [-0.4, -0.2) is 29.9 Å². The second kappa shape index (κ2) is 6.64. The molecular formula is C15H23ClN2O2. The first-order valence-corrected chi connectivity index (χ1v) is 7.61. The highest BCUT2D eigenvalue weighted by Gasteiger charge is 2.29. The van der Waals surface area contributed by atoms with Crippen LogP contribution in [0.1, 0.15) is 33.0 Å². The van der Waals surface area contributed by atoms with Crippen molar-refractivity contribution in [2.24, 2.45) is 11.8 Å². The highest BCUT2D eigenvalue weighted by atomic mass is 35.5. The summed E-state index contributed by atoms with van der Waals surface area (Å²) in [5, 5.41) is 3.92. The van der Waals surface area contributed by atoms with Gasteiger partial charge in [0.2, 0.25) is 5.91 Å². The van der Waals surface area contributed by atoms with Crippen molar-refractivity contribution in [2.75, 3.05) is 13.1 Å². The Morgan fingerprint density at radius 1 is 1.55 bits per heavy atom. The van der Waals surface area contributed by atoms with E-state index in [2.05, 4.69) is 12.2 Å². The number of carbonyl (C=O) groups excluding carboxylic acids is 1. The van der Waals surface area contributed by atoms with Crippen LogP contribution in [0.15, 0.2) is 16.5 Å². The summed E-state index contributed by atoms with van der Waals surface area (Å²) in [6.45, 7) is 8.44. The molecule has 4 nitrogen and oxygen atoms in total. The zero-order chi connectivity index (χ0) is 14.7. The fraction of sp³-hybridized carbons (Fsp3) is 0.667. The maximum atomic E-state index is 12.0. The highest BCUT2D eigenvalue weighted by Crippen LogP contribution is 2.20. The van der Waals surface area contributed by atoms with E-state index < -0.39 is 0 Å². The number of carbonyl (C=O) groups is 1. The van der Waals surface area contributed by atoms with Crippen LogP contribution in [0.25, 0.3) is 0 Å². The Labute approximate surface area is 125 Å². The van der Waals surface area contributed by atoms with Crippen molar-refractivity contribution in [1.82, 2.24) is 10.2 Å². The van der Waals surface area contributed by atoms with E-state index in [9.17, 15) is 4.79 Å². The second-order valence-corrected chi connectivity index (χ2v) is 6.27. The van der Waals surface area contributed by atoms with Gasteiger partial charge in [0.25, 0.3) is 0 Å². The Balaban J connectivity index is 1.82. The Morgan fingerprint density at radius 3 is 2.85 bits per heavy atom. The molecule has 1 aliphatic heterocycles. The third-order valence-electron chi connectivity index (χ3n) is 3.88. The zero-order valence-electron chi connectivity index (χ0n) is 12.4. The molecule has 2 atom stereocenters. The van der Waals surface area contributed by atoms with Crippen LogP contribution >= 0.6 is 11.6 Å². The Hall–Kier alpha value is -1.00. The first kappa shape index (κ1) is 15.4. The predicted molar refractivity (Wildman–Crippen MR) is 79.5 cm³/mol. The summed E-state index contributed by atoms with van der Waals surface area (Å²) >= 11 is 5.76. The zero-order valence-corrected chi connectivity index (χ0v) is 13.1. The van der Waals surface area contributed by atoms with Gasteiger partial charge in [0.15, 0.2) is 5.22 Å². The molecule has 1 saturated heterocycles. The molecule has 0 unspecified atom stereocenters. The molecule has 2 heterocycles. The molecule has 1 amide bonds. The number of hydrogen-bond acceptors (Lipinski definition) is 3. The normalized spacial score (nSPS) is 23.4. The number of halogens is 1. The molecule has 1 fully saturated rings. The fourth-order valence-electron chi connectivity index (χ4n) is 2.69. The first-order chi connectivity index (χ1) is 9.47. The lowest BCUT2D eigenvalue weighted by Gasteiger charge is -2.38. The molecule has 1 aromatic heterocycles. The summed E-state index contributed by atoms with van der Waals surface area (Å²) in [7, 11) is 0. The summed E-state index contributed by atoms with van der Waals surface area (Å²) < 4.78 is 5.34. The molecule has 112 valence electrons. The van der Waals surface area contributed by atoms with Gasteiger partial charge in [-0.1, -0.05) is 20.8 Å². The van der Waals surface area contributed by atoms with Gasteiger partial charge in [0.1, 0.15) is 5.76 Å². The van der Waals surface area contributed by atoms with Gasteiger partial charge in [0, 0.05) is 25.0 Å². The minimum absolute atomic E-state index is 0.0805. The van der Waals surface area contributed by atoms with Crippen LogP contribution in [0.3, 0.4) is 0 Å². The molecule has 2 rings (SSSR count). The first-order valence-electron chi connectivity index (χ1n) is 7.23. The monoisotopic (exact) mass is 298 g/mol. The van der Waals surface area contributed by atoms with Crippen LogP contribution in [0, 0.1) is 11.8 Å². The minimum atomic E-state index is 0.0805. The van der Waals surface area contributed by atoms with E-state index >= 15 is 0 Å². The SMILES string of the molecule is CC(C)C(=O)N1CC[C@H](NCc2ccc(Cl)o2)[C@@H](C)C1. The molecule has 0 spiro atoms. The van der Waals surface area contributed by atoms with Crippen molar-refractivity contribution < 1.29 is 9.21 Å². The van der Waals surface area contributed by atoms with Gasteiger partial charge in [0.05, 0.1) is 6.54 Å². The average molecular weight is 299 g/mol. The van der Waals surface area contributed by atoms with Crippen molar-refractivity contribution >= 4 is 17.5 Å². The van der Waals surface area contributed by atoms with Gasteiger partial charge in [-0.05, 0) is 36.1 Å². The van der Waals surface area contributed by atoms with Gasteiger partial charge < -0.3 is 14.6 Å². The number of amides is 1. The maximum absolute atomic E-state index is 12.0. The average Bonchev–Trinajstić information content (AvgIpc) is 2.82. The molecule has 0 bridgehead atoms. The predicted octanol–water partition coefficient (Wildman–Crippen LogP) is 2.92. The molecule has 0 aromatic carbocycles. The third kappa shape index (κ3) is 3.76. The number of nitrogens with one attached hydrogen (secondary N) is 1. The van der Waals surface area contributed by atoms with E-state index in [4.69, 9.17) is 16.0 Å². The smallest absolute Gasteiger partial charge is 0.225 e. The summed E-state index contributed by atoms with van der Waals surface area (Å²) in [5.41, 5.74) is 0. The van der Waals surface area contributed by atoms with Crippen LogP contribution in [0.5, 0.6) is 0 Å². The molecule has 1 aromatic rings. The summed E-state index contributed by atoms with van der Waals surface area (Å²) in [6.07, 6.45) is 0.980. The molecule has 20 heavy (non-hydrogen) atoms. The van der Waals surface area contributed by atoms with Gasteiger partial charge in [-0.25, -0.2) is 0 Å². The van der Waals surface area contributed by atoms with Crippen LogP contribution in [-0.2, 0) is 11.3 Å². The number of rotatable bonds is 4. The Morgan fingerprint density at radius 2 is 2.30 bits per heavy atom. The summed E-state index contributed by atoms with van der Waals surface area (Å²) in [4.78, 5) is 14.0. The number of nitrogens with zero attached hydrogens (tertiary/aromatic N) is 1.